The Kier molecular flexibility index (Phi) is 6.03. The number of hydrogen-bond acceptors (Lipinski definition) is 4. The molecule has 0 aromatic heterocycles. The Morgan fingerprint density at radius 3 is 2.31 bits per heavy atom. The first-order valence-electron chi connectivity index (χ1n) is 12.5. The second-order valence-electron chi connectivity index (χ2n) is 10.3. The number of likely N-dealkylation sites (tertiary alicyclic amines) is 1. The van der Waals surface area contributed by atoms with E-state index in [-0.39, 0.29) is 30.9 Å². The Morgan fingerprint density at radius 2 is 1.71 bits per heavy atom. The van der Waals surface area contributed by atoms with Gasteiger partial charge in [-0.2, -0.15) is 0 Å². The zero-order valence-electron chi connectivity index (χ0n) is 20.2. The lowest BCUT2D eigenvalue weighted by molar-refractivity contribution is -0.149. The van der Waals surface area contributed by atoms with Gasteiger partial charge in [0.2, 0.25) is 5.91 Å². The average Bonchev–Trinajstić information content (AvgIpc) is 3.51. The Hall–Kier alpha value is -3.35. The molecule has 2 aromatic rings. The molecule has 3 aliphatic rings. The highest BCUT2D eigenvalue weighted by atomic mass is 16.5. The number of carboxylic acid groups (broad SMARTS) is 1. The first-order valence-corrected chi connectivity index (χ1v) is 12.5. The molecule has 1 saturated carbocycles. The van der Waals surface area contributed by atoms with Gasteiger partial charge in [0.15, 0.2) is 0 Å². The van der Waals surface area contributed by atoms with E-state index in [2.05, 4.69) is 29.6 Å². The van der Waals surface area contributed by atoms with Gasteiger partial charge in [-0.3, -0.25) is 9.59 Å². The van der Waals surface area contributed by atoms with Crippen molar-refractivity contribution < 1.29 is 24.2 Å². The van der Waals surface area contributed by atoms with Crippen LogP contribution in [0.2, 0.25) is 0 Å². The maximum absolute atomic E-state index is 13.1. The number of carbonyl (C=O) groups excluding carboxylic acids is 2. The summed E-state index contributed by atoms with van der Waals surface area (Å²) in [4.78, 5) is 39.4. The first kappa shape index (κ1) is 23.4. The molecular weight excluding hydrogens is 444 g/mol. The number of rotatable bonds is 6. The number of nitrogens with zero attached hydrogens (tertiary/aromatic N) is 1. The number of fused-ring (bicyclic) bond motifs is 4. The summed E-state index contributed by atoms with van der Waals surface area (Å²) in [5, 5.41) is 12.6. The van der Waals surface area contributed by atoms with Crippen LogP contribution in [-0.4, -0.2) is 53.7 Å². The zero-order chi connectivity index (χ0) is 24.7. The van der Waals surface area contributed by atoms with Crippen LogP contribution in [0.25, 0.3) is 11.1 Å². The van der Waals surface area contributed by atoms with Crippen LogP contribution < -0.4 is 5.32 Å². The van der Waals surface area contributed by atoms with E-state index in [1.807, 2.05) is 24.3 Å². The number of ether oxygens (including phenoxy) is 1. The van der Waals surface area contributed by atoms with Gasteiger partial charge in [0.1, 0.15) is 6.61 Å². The summed E-state index contributed by atoms with van der Waals surface area (Å²) >= 11 is 0. The minimum absolute atomic E-state index is 0.0153. The van der Waals surface area contributed by atoms with Crippen molar-refractivity contribution in [2.24, 2.45) is 17.3 Å². The topological polar surface area (TPSA) is 95.9 Å². The third-order valence-electron chi connectivity index (χ3n) is 8.44. The molecule has 4 atom stereocenters. The molecule has 2 N–H and O–H groups in total. The summed E-state index contributed by atoms with van der Waals surface area (Å²) in [6.07, 6.45) is 1.81. The molecular formula is C28H32N2O5. The second-order valence-corrected chi connectivity index (χ2v) is 10.3. The number of carbonyl (C=O) groups is 3. The number of carboxylic acids is 1. The fourth-order valence-electron chi connectivity index (χ4n) is 6.26. The third-order valence-corrected chi connectivity index (χ3v) is 8.44. The first-order chi connectivity index (χ1) is 16.8. The monoisotopic (exact) mass is 476 g/mol. The van der Waals surface area contributed by atoms with Gasteiger partial charge in [-0.25, -0.2) is 4.79 Å². The lowest BCUT2D eigenvalue weighted by atomic mass is 9.81. The number of benzene rings is 2. The highest BCUT2D eigenvalue weighted by Gasteiger charge is 2.56. The van der Waals surface area contributed by atoms with Gasteiger partial charge in [-0.15, -0.1) is 0 Å². The smallest absolute Gasteiger partial charge is 0.407 e. The van der Waals surface area contributed by atoms with Crippen LogP contribution in [0.3, 0.4) is 0 Å². The maximum Gasteiger partial charge on any atom is 0.407 e. The van der Waals surface area contributed by atoms with Gasteiger partial charge in [0, 0.05) is 25.0 Å². The number of amides is 2. The summed E-state index contributed by atoms with van der Waals surface area (Å²) in [6.45, 7) is 4.51. The molecule has 2 aromatic carbocycles. The number of hydrogen-bond donors (Lipinski definition) is 2. The van der Waals surface area contributed by atoms with Crippen LogP contribution in [0.4, 0.5) is 4.79 Å². The fraction of sp³-hybridized carbons (Fsp3) is 0.464. The lowest BCUT2D eigenvalue weighted by Crippen LogP contribution is -2.46. The van der Waals surface area contributed by atoms with E-state index < -0.39 is 29.4 Å². The molecule has 184 valence electrons. The van der Waals surface area contributed by atoms with Crippen molar-refractivity contribution in [3.63, 3.8) is 0 Å². The minimum Gasteiger partial charge on any atom is -0.481 e. The number of aliphatic carboxylic acids is 1. The van der Waals surface area contributed by atoms with E-state index in [0.29, 0.717) is 13.0 Å². The van der Waals surface area contributed by atoms with Gasteiger partial charge in [0.05, 0.1) is 11.3 Å². The molecule has 7 heteroatoms. The highest BCUT2D eigenvalue weighted by molar-refractivity contribution is 5.83. The molecule has 1 saturated heterocycles. The van der Waals surface area contributed by atoms with E-state index in [1.54, 1.807) is 18.7 Å². The summed E-state index contributed by atoms with van der Waals surface area (Å²) in [5.74, 6) is -1.42. The summed E-state index contributed by atoms with van der Waals surface area (Å²) in [7, 11) is 0. The molecule has 0 spiro atoms. The standard InChI is InChI=1S/C28H32N2O5/c1-17(25(31)30-14-19-8-7-13-28(19,16-30)26(32)33)18(2)29-27(34)35-15-24-22-11-5-3-9-20(22)21-10-4-6-12-23(21)24/h3-6,9-12,17-19,24H,7-8,13-16H2,1-2H3,(H,29,34)(H,32,33)/t17?,18?,19-,28-/m1/s1. The van der Waals surface area contributed by atoms with Crippen LogP contribution in [0.5, 0.6) is 0 Å². The molecule has 2 unspecified atom stereocenters. The van der Waals surface area contributed by atoms with E-state index >= 15 is 0 Å². The predicted octanol–water partition coefficient (Wildman–Crippen LogP) is 4.26. The van der Waals surface area contributed by atoms with Crippen molar-refractivity contribution in [2.75, 3.05) is 19.7 Å². The predicted molar refractivity (Wildman–Crippen MR) is 131 cm³/mol. The number of nitrogens with one attached hydrogen (secondary N) is 1. The van der Waals surface area contributed by atoms with Crippen molar-refractivity contribution >= 4 is 18.0 Å². The van der Waals surface area contributed by atoms with E-state index in [1.165, 1.54) is 11.1 Å². The van der Waals surface area contributed by atoms with Crippen LogP contribution >= 0.6 is 0 Å². The maximum atomic E-state index is 13.1. The summed E-state index contributed by atoms with van der Waals surface area (Å²) in [5.41, 5.74) is 3.81. The van der Waals surface area contributed by atoms with Crippen molar-refractivity contribution in [3.05, 3.63) is 59.7 Å². The molecule has 0 radical (unpaired) electrons. The normalized spacial score (nSPS) is 24.3. The van der Waals surface area contributed by atoms with E-state index in [4.69, 9.17) is 4.74 Å². The van der Waals surface area contributed by atoms with Crippen LogP contribution in [0.1, 0.15) is 50.2 Å². The van der Waals surface area contributed by atoms with E-state index in [0.717, 1.165) is 24.0 Å². The third kappa shape index (κ3) is 3.97. The van der Waals surface area contributed by atoms with Crippen molar-refractivity contribution in [2.45, 2.75) is 45.1 Å². The minimum atomic E-state index is -0.807. The molecule has 2 fully saturated rings. The summed E-state index contributed by atoms with van der Waals surface area (Å²) < 4.78 is 5.62. The Labute approximate surface area is 205 Å². The Bertz CT molecular complexity index is 1120. The van der Waals surface area contributed by atoms with Gasteiger partial charge >= 0.3 is 12.1 Å². The highest BCUT2D eigenvalue weighted by Crippen LogP contribution is 2.49. The molecule has 2 amide bonds. The van der Waals surface area contributed by atoms with Crippen LogP contribution in [0, 0.1) is 17.3 Å². The lowest BCUT2D eigenvalue weighted by Gasteiger charge is -2.27. The van der Waals surface area contributed by atoms with Crippen LogP contribution in [-0.2, 0) is 14.3 Å². The number of alkyl carbamates (subject to hydrolysis) is 1. The fourth-order valence-corrected chi connectivity index (χ4v) is 6.26. The molecule has 1 aliphatic heterocycles. The Balaban J connectivity index is 1.18. The summed E-state index contributed by atoms with van der Waals surface area (Å²) in [6, 6.07) is 15.9. The van der Waals surface area contributed by atoms with Crippen molar-refractivity contribution in [1.82, 2.24) is 10.2 Å². The van der Waals surface area contributed by atoms with Gasteiger partial charge in [0.25, 0.3) is 0 Å². The van der Waals surface area contributed by atoms with Gasteiger partial charge in [-0.05, 0) is 47.9 Å². The van der Waals surface area contributed by atoms with Gasteiger partial charge < -0.3 is 20.1 Å². The SMILES string of the molecule is CC(NC(=O)OCC1c2ccccc2-c2ccccc21)C(C)C(=O)N1C[C@H]2CCC[C@@]2(C(=O)O)C1. The molecule has 2 aliphatic carbocycles. The molecule has 5 rings (SSSR count). The van der Waals surface area contributed by atoms with E-state index in [9.17, 15) is 19.5 Å². The molecule has 1 heterocycles. The largest absolute Gasteiger partial charge is 0.481 e. The van der Waals surface area contributed by atoms with Gasteiger partial charge in [-0.1, -0.05) is 61.9 Å². The Morgan fingerprint density at radius 1 is 1.09 bits per heavy atom. The van der Waals surface area contributed by atoms with Crippen molar-refractivity contribution in [3.8, 4) is 11.1 Å². The molecule has 0 bridgehead atoms. The average molecular weight is 477 g/mol. The molecule has 7 nitrogen and oxygen atoms in total. The molecule has 35 heavy (non-hydrogen) atoms. The second kappa shape index (κ2) is 9.02. The quantitative estimate of drug-likeness (QED) is 0.649. The van der Waals surface area contributed by atoms with Crippen molar-refractivity contribution in [1.29, 1.82) is 0 Å². The van der Waals surface area contributed by atoms with Crippen LogP contribution in [0.15, 0.2) is 48.5 Å². The zero-order valence-corrected chi connectivity index (χ0v) is 20.2.